The van der Waals surface area contributed by atoms with Crippen molar-refractivity contribution in [3.05, 3.63) is 0 Å². The number of hydrogen-bond donors (Lipinski definition) is 1. The van der Waals surface area contributed by atoms with Crippen molar-refractivity contribution < 1.29 is 14.6 Å². The lowest BCUT2D eigenvalue weighted by molar-refractivity contribution is -0.150. The molecule has 0 spiro atoms. The van der Waals surface area contributed by atoms with Gasteiger partial charge < -0.3 is 9.84 Å². The molecule has 0 aromatic heterocycles. The summed E-state index contributed by atoms with van der Waals surface area (Å²) in [7, 11) is 1.32. The lowest BCUT2D eigenvalue weighted by Gasteiger charge is -2.07. The molecule has 0 rings (SSSR count). The van der Waals surface area contributed by atoms with Crippen LogP contribution in [0.2, 0.25) is 0 Å². The Hall–Kier alpha value is -0.570. The molecule has 0 saturated heterocycles. The Bertz CT molecular complexity index is 266. The van der Waals surface area contributed by atoms with Crippen molar-refractivity contribution in [1.82, 2.24) is 0 Å². The molecule has 1 N–H and O–H groups in total. The van der Waals surface area contributed by atoms with E-state index in [0.717, 1.165) is 12.8 Å². The van der Waals surface area contributed by atoms with Crippen LogP contribution in [0.3, 0.4) is 0 Å². The van der Waals surface area contributed by atoms with Crippen LogP contribution in [0, 0.1) is 0 Å². The van der Waals surface area contributed by atoms with Gasteiger partial charge in [0.2, 0.25) is 0 Å². The molecule has 0 heterocycles. The van der Waals surface area contributed by atoms with Gasteiger partial charge in [-0.15, -0.1) is 0 Å². The van der Waals surface area contributed by atoms with E-state index in [9.17, 15) is 9.90 Å². The summed E-state index contributed by atoms with van der Waals surface area (Å²) in [6, 6.07) is 0. The number of esters is 1. The van der Waals surface area contributed by atoms with Crippen molar-refractivity contribution in [2.24, 2.45) is 0 Å². The molecule has 0 fully saturated rings. The molecule has 24 heavy (non-hydrogen) atoms. The van der Waals surface area contributed by atoms with E-state index >= 15 is 0 Å². The van der Waals surface area contributed by atoms with Gasteiger partial charge in [-0.1, -0.05) is 110 Å². The van der Waals surface area contributed by atoms with Crippen LogP contribution in [0.5, 0.6) is 0 Å². The number of aliphatic hydroxyl groups is 1. The zero-order chi connectivity index (χ0) is 17.9. The maximum Gasteiger partial charge on any atom is 0.334 e. The minimum Gasteiger partial charge on any atom is -0.467 e. The summed E-state index contributed by atoms with van der Waals surface area (Å²) >= 11 is 0. The quantitative estimate of drug-likeness (QED) is 0.239. The van der Waals surface area contributed by atoms with Crippen molar-refractivity contribution in [3.63, 3.8) is 0 Å². The van der Waals surface area contributed by atoms with Gasteiger partial charge in [-0.2, -0.15) is 0 Å². The minimum absolute atomic E-state index is 0.504. The molecular formula is C21H42O3. The maximum atomic E-state index is 11.0. The second-order valence-corrected chi connectivity index (χ2v) is 7.13. The van der Waals surface area contributed by atoms with Crippen LogP contribution >= 0.6 is 0 Å². The fraction of sp³-hybridized carbons (Fsp3) is 0.952. The summed E-state index contributed by atoms with van der Waals surface area (Å²) in [6.07, 6.45) is 20.9. The third-order valence-corrected chi connectivity index (χ3v) is 4.80. The molecule has 0 saturated carbocycles. The van der Waals surface area contributed by atoms with E-state index in [1.54, 1.807) is 0 Å². The highest BCUT2D eigenvalue weighted by Gasteiger charge is 2.13. The molecular weight excluding hydrogens is 300 g/mol. The first-order valence-corrected chi connectivity index (χ1v) is 10.5. The zero-order valence-corrected chi connectivity index (χ0v) is 16.4. The second kappa shape index (κ2) is 18.8. The number of carbonyl (C=O) groups is 1. The van der Waals surface area contributed by atoms with E-state index in [1.807, 2.05) is 0 Å². The van der Waals surface area contributed by atoms with Crippen LogP contribution < -0.4 is 0 Å². The zero-order valence-electron chi connectivity index (χ0n) is 16.4. The first-order chi connectivity index (χ1) is 11.7. The van der Waals surface area contributed by atoms with Crippen molar-refractivity contribution in [1.29, 1.82) is 0 Å². The van der Waals surface area contributed by atoms with Crippen molar-refractivity contribution in [2.75, 3.05) is 7.11 Å². The second-order valence-electron chi connectivity index (χ2n) is 7.13. The summed E-state index contributed by atoms with van der Waals surface area (Å²) in [5, 5.41) is 9.46. The fourth-order valence-corrected chi connectivity index (χ4v) is 3.14. The van der Waals surface area contributed by atoms with Crippen LogP contribution in [-0.2, 0) is 9.53 Å². The van der Waals surface area contributed by atoms with Gasteiger partial charge in [0.15, 0.2) is 6.10 Å². The molecule has 1 atom stereocenters. The number of hydrogen-bond acceptors (Lipinski definition) is 3. The van der Waals surface area contributed by atoms with Gasteiger partial charge in [-0.3, -0.25) is 0 Å². The van der Waals surface area contributed by atoms with E-state index in [4.69, 9.17) is 0 Å². The standard InChI is InChI=1S/C21H42O3/c1-3-4-5-6-7-8-9-10-11-12-13-14-15-16-17-18-19-20(22)21(23)24-2/h20,22H,3-19H2,1-2H3/t20-/m1/s1. The molecule has 0 radical (unpaired) electrons. The summed E-state index contributed by atoms with van der Waals surface area (Å²) in [6.45, 7) is 2.27. The Kier molecular flexibility index (Phi) is 18.3. The Morgan fingerprint density at radius 3 is 1.38 bits per heavy atom. The third-order valence-electron chi connectivity index (χ3n) is 4.80. The Morgan fingerprint density at radius 2 is 1.04 bits per heavy atom. The normalized spacial score (nSPS) is 12.3. The lowest BCUT2D eigenvalue weighted by atomic mass is 10.0. The SMILES string of the molecule is CCCCCCCCCCCCCCCCCC[C@@H](O)C(=O)OC. The van der Waals surface area contributed by atoms with E-state index in [1.165, 1.54) is 97.0 Å². The van der Waals surface area contributed by atoms with Crippen molar-refractivity contribution >= 4 is 5.97 Å². The number of methoxy groups -OCH3 is 1. The number of ether oxygens (including phenoxy) is 1. The highest BCUT2D eigenvalue weighted by Crippen LogP contribution is 2.14. The van der Waals surface area contributed by atoms with Crippen LogP contribution in [0.1, 0.15) is 116 Å². The average Bonchev–Trinajstić information content (AvgIpc) is 2.60. The molecule has 0 aliphatic rings. The molecule has 0 aliphatic heterocycles. The van der Waals surface area contributed by atoms with E-state index in [2.05, 4.69) is 11.7 Å². The average molecular weight is 343 g/mol. The van der Waals surface area contributed by atoms with Crippen molar-refractivity contribution in [3.8, 4) is 0 Å². The third kappa shape index (κ3) is 16.3. The van der Waals surface area contributed by atoms with Gasteiger partial charge in [-0.25, -0.2) is 4.79 Å². The smallest absolute Gasteiger partial charge is 0.334 e. The fourth-order valence-electron chi connectivity index (χ4n) is 3.14. The first kappa shape index (κ1) is 23.4. The number of aliphatic hydroxyl groups excluding tert-OH is 1. The van der Waals surface area contributed by atoms with E-state index in [-0.39, 0.29) is 0 Å². The molecule has 0 unspecified atom stereocenters. The van der Waals surface area contributed by atoms with Gasteiger partial charge in [0.05, 0.1) is 7.11 Å². The molecule has 3 heteroatoms. The van der Waals surface area contributed by atoms with Gasteiger partial charge in [-0.05, 0) is 6.42 Å². The van der Waals surface area contributed by atoms with E-state index in [0.29, 0.717) is 6.42 Å². The van der Waals surface area contributed by atoms with E-state index < -0.39 is 12.1 Å². The van der Waals surface area contributed by atoms with Gasteiger partial charge >= 0.3 is 5.97 Å². The lowest BCUT2D eigenvalue weighted by Crippen LogP contribution is -2.21. The predicted molar refractivity (Wildman–Crippen MR) is 102 cm³/mol. The van der Waals surface area contributed by atoms with Gasteiger partial charge in [0, 0.05) is 0 Å². The molecule has 0 bridgehead atoms. The summed E-state index contributed by atoms with van der Waals surface area (Å²) in [4.78, 5) is 11.0. The molecule has 144 valence electrons. The molecule has 0 aliphatic carbocycles. The number of carbonyl (C=O) groups excluding carboxylic acids is 1. The van der Waals surface area contributed by atoms with Crippen LogP contribution in [-0.4, -0.2) is 24.3 Å². The number of rotatable bonds is 18. The monoisotopic (exact) mass is 342 g/mol. The van der Waals surface area contributed by atoms with Gasteiger partial charge in [0.1, 0.15) is 0 Å². The summed E-state index contributed by atoms with van der Waals surface area (Å²) < 4.78 is 4.50. The highest BCUT2D eigenvalue weighted by atomic mass is 16.5. The Morgan fingerprint density at radius 1 is 0.708 bits per heavy atom. The summed E-state index contributed by atoms with van der Waals surface area (Å²) in [5.41, 5.74) is 0. The topological polar surface area (TPSA) is 46.5 Å². The Balaban J connectivity index is 3.09. The maximum absolute atomic E-state index is 11.0. The van der Waals surface area contributed by atoms with Crippen LogP contribution in [0.15, 0.2) is 0 Å². The minimum atomic E-state index is -0.929. The largest absolute Gasteiger partial charge is 0.467 e. The van der Waals surface area contributed by atoms with Crippen molar-refractivity contribution in [2.45, 2.75) is 122 Å². The van der Waals surface area contributed by atoms with Crippen LogP contribution in [0.25, 0.3) is 0 Å². The molecule has 3 nitrogen and oxygen atoms in total. The predicted octanol–water partition coefficient (Wildman–Crippen LogP) is 6.17. The first-order valence-electron chi connectivity index (χ1n) is 10.5. The summed E-state index contributed by atoms with van der Waals surface area (Å²) in [5.74, 6) is -0.504. The molecule has 0 amide bonds. The van der Waals surface area contributed by atoms with Crippen LogP contribution in [0.4, 0.5) is 0 Å². The Labute approximate surface area is 150 Å². The highest BCUT2D eigenvalue weighted by molar-refractivity contribution is 5.74. The molecule has 0 aromatic rings. The van der Waals surface area contributed by atoms with Gasteiger partial charge in [0.25, 0.3) is 0 Å². The number of unbranched alkanes of at least 4 members (excludes halogenated alkanes) is 15. The molecule has 0 aromatic carbocycles.